The number of epoxide rings is 1. The molecule has 134 valence electrons. The predicted molar refractivity (Wildman–Crippen MR) is 97.8 cm³/mol. The summed E-state index contributed by atoms with van der Waals surface area (Å²) < 4.78 is 11.7. The summed E-state index contributed by atoms with van der Waals surface area (Å²) in [6, 6.07) is 13.4. The van der Waals surface area contributed by atoms with Gasteiger partial charge in [0.25, 0.3) is 0 Å². The Hall–Kier alpha value is -1.87. The Kier molecular flexibility index (Phi) is 4.52. The van der Waals surface area contributed by atoms with Crippen LogP contribution in [0.4, 0.5) is 0 Å². The molecule has 2 aliphatic heterocycles. The molecule has 0 aliphatic carbocycles. The minimum Gasteiger partial charge on any atom is -0.394 e. The van der Waals surface area contributed by atoms with Crippen LogP contribution in [0.2, 0.25) is 5.02 Å². The first-order valence-corrected chi connectivity index (χ1v) is 8.92. The van der Waals surface area contributed by atoms with E-state index in [2.05, 4.69) is 5.92 Å². The molecule has 0 aromatic heterocycles. The smallest absolute Gasteiger partial charge is 0.225 e. The molecule has 2 saturated heterocycles. The molecule has 2 aromatic rings. The summed E-state index contributed by atoms with van der Waals surface area (Å²) in [5.74, 6) is 1.61. The van der Waals surface area contributed by atoms with Crippen LogP contribution in [-0.2, 0) is 21.7 Å². The van der Waals surface area contributed by atoms with Gasteiger partial charge < -0.3 is 19.7 Å². The molecule has 0 radical (unpaired) electrons. The maximum absolute atomic E-state index is 10.2. The number of hydrogen-bond donors (Lipinski definition) is 2. The van der Waals surface area contributed by atoms with E-state index in [1.165, 1.54) is 0 Å². The van der Waals surface area contributed by atoms with Gasteiger partial charge in [-0.05, 0) is 41.8 Å². The van der Waals surface area contributed by atoms with Crippen molar-refractivity contribution in [3.8, 4) is 12.3 Å². The summed E-state index contributed by atoms with van der Waals surface area (Å²) in [5.41, 5.74) is 3.66. The van der Waals surface area contributed by atoms with E-state index in [1.807, 2.05) is 42.5 Å². The lowest BCUT2D eigenvalue weighted by Gasteiger charge is -2.28. The van der Waals surface area contributed by atoms with Crippen LogP contribution in [0.25, 0.3) is 0 Å². The van der Waals surface area contributed by atoms with Crippen LogP contribution in [0.1, 0.15) is 28.7 Å². The van der Waals surface area contributed by atoms with E-state index in [0.29, 0.717) is 17.9 Å². The largest absolute Gasteiger partial charge is 0.394 e. The topological polar surface area (TPSA) is 62.2 Å². The highest BCUT2D eigenvalue weighted by Crippen LogP contribution is 2.54. The van der Waals surface area contributed by atoms with Gasteiger partial charge in [0.2, 0.25) is 5.79 Å². The fourth-order valence-corrected chi connectivity index (χ4v) is 3.73. The second-order valence-corrected chi connectivity index (χ2v) is 7.16. The lowest BCUT2D eigenvalue weighted by Crippen LogP contribution is -2.40. The van der Waals surface area contributed by atoms with Gasteiger partial charge in [-0.2, -0.15) is 0 Å². The minimum absolute atomic E-state index is 0.156. The second kappa shape index (κ2) is 6.70. The van der Waals surface area contributed by atoms with Crippen molar-refractivity contribution in [3.05, 3.63) is 69.7 Å². The Morgan fingerprint density at radius 3 is 2.65 bits per heavy atom. The molecule has 5 heteroatoms. The zero-order valence-electron chi connectivity index (χ0n) is 14.1. The fourth-order valence-electron chi connectivity index (χ4n) is 3.55. The molecule has 2 aromatic carbocycles. The first kappa shape index (κ1) is 17.5. The first-order chi connectivity index (χ1) is 12.6. The minimum atomic E-state index is -0.988. The average Bonchev–Trinajstić information content (AvgIpc) is 3.40. The number of terminal acetylenes is 1. The number of aliphatic hydroxyl groups is 2. The SMILES string of the molecule is C#Cc1ccc(Cc2cc(C34OC(CO)CC(O)C3O4)ccc2Cl)cc1. The van der Waals surface area contributed by atoms with Gasteiger partial charge in [-0.3, -0.25) is 0 Å². The Morgan fingerprint density at radius 1 is 1.19 bits per heavy atom. The van der Waals surface area contributed by atoms with Gasteiger partial charge in [0.15, 0.2) is 0 Å². The molecule has 2 aliphatic rings. The zero-order chi connectivity index (χ0) is 18.3. The second-order valence-electron chi connectivity index (χ2n) is 6.76. The number of rotatable bonds is 4. The molecule has 2 heterocycles. The van der Waals surface area contributed by atoms with Gasteiger partial charge >= 0.3 is 0 Å². The molecule has 4 nitrogen and oxygen atoms in total. The Labute approximate surface area is 157 Å². The van der Waals surface area contributed by atoms with E-state index in [-0.39, 0.29) is 6.61 Å². The molecular weight excluding hydrogens is 352 g/mol. The van der Waals surface area contributed by atoms with E-state index in [1.54, 1.807) is 0 Å². The van der Waals surface area contributed by atoms with Crippen LogP contribution in [0.5, 0.6) is 0 Å². The Bertz CT molecular complexity index is 857. The van der Waals surface area contributed by atoms with Gasteiger partial charge in [0.05, 0.1) is 18.8 Å². The van der Waals surface area contributed by atoms with Crippen LogP contribution in [0.3, 0.4) is 0 Å². The number of hydrogen-bond acceptors (Lipinski definition) is 4. The molecule has 4 unspecified atom stereocenters. The van der Waals surface area contributed by atoms with Gasteiger partial charge in [-0.1, -0.05) is 35.7 Å². The first-order valence-electron chi connectivity index (χ1n) is 8.54. The van der Waals surface area contributed by atoms with E-state index in [4.69, 9.17) is 27.5 Å². The van der Waals surface area contributed by atoms with Gasteiger partial charge in [-0.25, -0.2) is 0 Å². The molecule has 2 N–H and O–H groups in total. The quantitative estimate of drug-likeness (QED) is 0.641. The molecule has 2 fully saturated rings. The van der Waals surface area contributed by atoms with Gasteiger partial charge in [0.1, 0.15) is 6.10 Å². The normalized spacial score (nSPS) is 29.7. The highest BCUT2D eigenvalue weighted by molar-refractivity contribution is 6.31. The summed E-state index contributed by atoms with van der Waals surface area (Å²) >= 11 is 6.38. The van der Waals surface area contributed by atoms with E-state index in [0.717, 1.165) is 22.3 Å². The zero-order valence-corrected chi connectivity index (χ0v) is 14.8. The van der Waals surface area contributed by atoms with Crippen molar-refractivity contribution in [3.63, 3.8) is 0 Å². The van der Waals surface area contributed by atoms with Crippen LogP contribution in [0.15, 0.2) is 42.5 Å². The molecule has 0 saturated carbocycles. The van der Waals surface area contributed by atoms with Crippen molar-refractivity contribution in [2.45, 2.75) is 36.9 Å². The highest BCUT2D eigenvalue weighted by atomic mass is 35.5. The summed E-state index contributed by atoms with van der Waals surface area (Å²) in [6.07, 6.45) is 4.89. The van der Waals surface area contributed by atoms with E-state index in [9.17, 15) is 10.2 Å². The molecule has 0 spiro atoms. The molecule has 26 heavy (non-hydrogen) atoms. The third-order valence-corrected chi connectivity index (χ3v) is 5.35. The third kappa shape index (κ3) is 3.03. The Morgan fingerprint density at radius 2 is 1.96 bits per heavy atom. The number of fused-ring (bicyclic) bond motifs is 1. The van der Waals surface area contributed by atoms with E-state index >= 15 is 0 Å². The van der Waals surface area contributed by atoms with Crippen LogP contribution < -0.4 is 0 Å². The van der Waals surface area contributed by atoms with Crippen molar-refractivity contribution in [2.75, 3.05) is 6.61 Å². The van der Waals surface area contributed by atoms with Crippen molar-refractivity contribution in [2.24, 2.45) is 0 Å². The van der Waals surface area contributed by atoms with E-state index < -0.39 is 24.1 Å². The van der Waals surface area contributed by atoms with Crippen molar-refractivity contribution >= 4 is 11.6 Å². The summed E-state index contributed by atoms with van der Waals surface area (Å²) in [7, 11) is 0. The molecule has 0 bridgehead atoms. The number of aliphatic hydroxyl groups excluding tert-OH is 2. The Balaban J connectivity index is 1.61. The standard InChI is InChI=1S/C21H19ClO4/c1-2-13-3-5-14(6-4-13)9-15-10-16(7-8-18(15)22)21-20(26-21)19(24)11-17(12-23)25-21/h1,3-8,10,17,19-20,23-24H,9,11-12H2. The molecule has 4 atom stereocenters. The number of halogens is 1. The van der Waals surface area contributed by atoms with Crippen LogP contribution in [0, 0.1) is 12.3 Å². The number of benzene rings is 2. The van der Waals surface area contributed by atoms with Crippen LogP contribution in [-0.4, -0.2) is 35.1 Å². The average molecular weight is 371 g/mol. The van der Waals surface area contributed by atoms with Gasteiger partial charge in [0, 0.05) is 22.6 Å². The molecule has 4 rings (SSSR count). The van der Waals surface area contributed by atoms with Crippen LogP contribution >= 0.6 is 11.6 Å². The molecular formula is C21H19ClO4. The van der Waals surface area contributed by atoms with Crippen molar-refractivity contribution in [1.29, 1.82) is 0 Å². The fraction of sp³-hybridized carbons (Fsp3) is 0.333. The third-order valence-electron chi connectivity index (χ3n) is 4.98. The summed E-state index contributed by atoms with van der Waals surface area (Å²) in [4.78, 5) is 0. The monoisotopic (exact) mass is 370 g/mol. The van der Waals surface area contributed by atoms with Gasteiger partial charge in [-0.15, -0.1) is 6.42 Å². The van der Waals surface area contributed by atoms with Crippen molar-refractivity contribution < 1.29 is 19.7 Å². The summed E-state index contributed by atoms with van der Waals surface area (Å²) in [5, 5.41) is 20.3. The highest BCUT2D eigenvalue weighted by Gasteiger charge is 2.66. The summed E-state index contributed by atoms with van der Waals surface area (Å²) in [6.45, 7) is -0.156. The lowest BCUT2D eigenvalue weighted by molar-refractivity contribution is -0.136. The number of ether oxygens (including phenoxy) is 2. The lowest BCUT2D eigenvalue weighted by atomic mass is 9.94. The maximum atomic E-state index is 10.2. The maximum Gasteiger partial charge on any atom is 0.225 e. The molecule has 0 amide bonds. The predicted octanol–water partition coefficient (Wildman–Crippen LogP) is 2.61. The van der Waals surface area contributed by atoms with Crippen molar-refractivity contribution in [1.82, 2.24) is 0 Å².